The Hall–Kier alpha value is -1.58. The van der Waals surface area contributed by atoms with Gasteiger partial charge in [0.1, 0.15) is 0 Å². The Kier molecular flexibility index (Phi) is 4.56. The molecule has 0 atom stereocenters. The molecule has 1 aliphatic carbocycles. The van der Waals surface area contributed by atoms with Crippen molar-refractivity contribution in [2.24, 2.45) is 5.92 Å². The van der Waals surface area contributed by atoms with E-state index >= 15 is 0 Å². The molecule has 0 aliphatic heterocycles. The third kappa shape index (κ3) is 3.22. The fraction of sp³-hybridized carbons (Fsp3) is 0.571. The minimum atomic E-state index is -0.0198. The lowest BCUT2D eigenvalue weighted by molar-refractivity contribution is 0.0939. The third-order valence-corrected chi connectivity index (χ3v) is 3.41. The minimum Gasteiger partial charge on any atom is -0.384 e. The SMILES string of the molecule is CCCNc1ccncc1C(=O)NCC1CCC1. The van der Waals surface area contributed by atoms with Crippen molar-refractivity contribution in [3.05, 3.63) is 24.0 Å². The van der Waals surface area contributed by atoms with Crippen molar-refractivity contribution in [1.29, 1.82) is 0 Å². The lowest BCUT2D eigenvalue weighted by Gasteiger charge is -2.25. The van der Waals surface area contributed by atoms with Gasteiger partial charge in [0.25, 0.3) is 5.91 Å². The molecule has 2 rings (SSSR count). The average Bonchev–Trinajstić information content (AvgIpc) is 2.34. The van der Waals surface area contributed by atoms with Gasteiger partial charge in [-0.2, -0.15) is 0 Å². The predicted molar refractivity (Wildman–Crippen MR) is 72.7 cm³/mol. The summed E-state index contributed by atoms with van der Waals surface area (Å²) in [6, 6.07) is 1.86. The minimum absolute atomic E-state index is 0.0198. The fourth-order valence-corrected chi connectivity index (χ4v) is 2.02. The highest BCUT2D eigenvalue weighted by Crippen LogP contribution is 2.25. The number of carbonyl (C=O) groups is 1. The molecule has 98 valence electrons. The van der Waals surface area contributed by atoms with Gasteiger partial charge in [0.15, 0.2) is 0 Å². The van der Waals surface area contributed by atoms with E-state index in [2.05, 4.69) is 22.5 Å². The monoisotopic (exact) mass is 247 g/mol. The molecule has 18 heavy (non-hydrogen) atoms. The van der Waals surface area contributed by atoms with Gasteiger partial charge in [0.2, 0.25) is 0 Å². The van der Waals surface area contributed by atoms with Gasteiger partial charge >= 0.3 is 0 Å². The number of pyridine rings is 1. The van der Waals surface area contributed by atoms with E-state index in [1.807, 2.05) is 6.07 Å². The molecule has 4 heteroatoms. The van der Waals surface area contributed by atoms with Gasteiger partial charge < -0.3 is 10.6 Å². The second-order valence-corrected chi connectivity index (χ2v) is 4.85. The summed E-state index contributed by atoms with van der Waals surface area (Å²) in [5.74, 6) is 0.659. The second-order valence-electron chi connectivity index (χ2n) is 4.85. The summed E-state index contributed by atoms with van der Waals surface area (Å²) in [5, 5.41) is 6.26. The highest BCUT2D eigenvalue weighted by molar-refractivity contribution is 5.99. The molecule has 1 aliphatic rings. The maximum atomic E-state index is 12.1. The van der Waals surface area contributed by atoms with Crippen molar-refractivity contribution in [3.63, 3.8) is 0 Å². The highest BCUT2D eigenvalue weighted by atomic mass is 16.1. The topological polar surface area (TPSA) is 54.0 Å². The molecule has 0 aromatic carbocycles. The first kappa shape index (κ1) is 12.9. The van der Waals surface area contributed by atoms with Gasteiger partial charge in [-0.25, -0.2) is 0 Å². The van der Waals surface area contributed by atoms with E-state index in [1.165, 1.54) is 19.3 Å². The molecule has 2 N–H and O–H groups in total. The number of nitrogens with one attached hydrogen (secondary N) is 2. The summed E-state index contributed by atoms with van der Waals surface area (Å²) >= 11 is 0. The maximum absolute atomic E-state index is 12.1. The van der Waals surface area contributed by atoms with Gasteiger partial charge in [-0.3, -0.25) is 9.78 Å². The van der Waals surface area contributed by atoms with Gasteiger partial charge in [0, 0.05) is 25.5 Å². The van der Waals surface area contributed by atoms with Crippen molar-refractivity contribution in [3.8, 4) is 0 Å². The molecule has 0 spiro atoms. The van der Waals surface area contributed by atoms with Crippen LogP contribution in [-0.4, -0.2) is 24.0 Å². The molecule has 1 aromatic rings. The molecule has 1 fully saturated rings. The zero-order valence-electron chi connectivity index (χ0n) is 10.9. The van der Waals surface area contributed by atoms with Crippen LogP contribution in [0.15, 0.2) is 18.5 Å². The molecular formula is C14H21N3O. The molecule has 1 amide bonds. The van der Waals surface area contributed by atoms with E-state index in [1.54, 1.807) is 12.4 Å². The highest BCUT2D eigenvalue weighted by Gasteiger charge is 2.19. The lowest BCUT2D eigenvalue weighted by Crippen LogP contribution is -2.32. The molecule has 0 saturated heterocycles. The van der Waals surface area contributed by atoms with Crippen LogP contribution in [0.4, 0.5) is 5.69 Å². The summed E-state index contributed by atoms with van der Waals surface area (Å²) in [4.78, 5) is 16.1. The molecule has 1 heterocycles. The summed E-state index contributed by atoms with van der Waals surface area (Å²) in [5.41, 5.74) is 1.52. The third-order valence-electron chi connectivity index (χ3n) is 3.41. The maximum Gasteiger partial charge on any atom is 0.254 e. The number of aromatic nitrogens is 1. The Morgan fingerprint density at radius 3 is 3.00 bits per heavy atom. The Bertz CT molecular complexity index is 402. The van der Waals surface area contributed by atoms with Gasteiger partial charge in [0.05, 0.1) is 11.3 Å². The Labute approximate surface area is 108 Å². The Morgan fingerprint density at radius 1 is 1.50 bits per heavy atom. The first-order valence-corrected chi connectivity index (χ1v) is 6.77. The van der Waals surface area contributed by atoms with E-state index in [9.17, 15) is 4.79 Å². The number of nitrogens with zero attached hydrogens (tertiary/aromatic N) is 1. The normalized spacial score (nSPS) is 14.9. The van der Waals surface area contributed by atoms with Gasteiger partial charge in [-0.05, 0) is 31.2 Å². The smallest absolute Gasteiger partial charge is 0.254 e. The summed E-state index contributed by atoms with van der Waals surface area (Å²) in [6.07, 6.45) is 8.17. The Morgan fingerprint density at radius 2 is 2.33 bits per heavy atom. The van der Waals surface area contributed by atoms with Crippen LogP contribution in [0.25, 0.3) is 0 Å². The van der Waals surface area contributed by atoms with Crippen LogP contribution in [-0.2, 0) is 0 Å². The van der Waals surface area contributed by atoms with Crippen LogP contribution in [0.2, 0.25) is 0 Å². The van der Waals surface area contributed by atoms with Crippen LogP contribution in [0.1, 0.15) is 43.0 Å². The zero-order chi connectivity index (χ0) is 12.8. The second kappa shape index (κ2) is 6.38. The molecule has 4 nitrogen and oxygen atoms in total. The van der Waals surface area contributed by atoms with Crippen molar-refractivity contribution in [2.75, 3.05) is 18.4 Å². The molecule has 0 radical (unpaired) electrons. The van der Waals surface area contributed by atoms with Crippen molar-refractivity contribution >= 4 is 11.6 Å². The fourth-order valence-electron chi connectivity index (χ4n) is 2.02. The molecule has 1 saturated carbocycles. The van der Waals surface area contributed by atoms with E-state index in [0.29, 0.717) is 11.5 Å². The van der Waals surface area contributed by atoms with Crippen molar-refractivity contribution in [1.82, 2.24) is 10.3 Å². The number of hydrogen-bond acceptors (Lipinski definition) is 3. The number of hydrogen-bond donors (Lipinski definition) is 2. The van der Waals surface area contributed by atoms with Crippen LogP contribution in [0, 0.1) is 5.92 Å². The van der Waals surface area contributed by atoms with Crippen LogP contribution < -0.4 is 10.6 Å². The van der Waals surface area contributed by atoms with E-state index in [0.717, 1.165) is 25.2 Å². The van der Waals surface area contributed by atoms with Crippen molar-refractivity contribution < 1.29 is 4.79 Å². The predicted octanol–water partition coefficient (Wildman–Crippen LogP) is 2.43. The zero-order valence-corrected chi connectivity index (χ0v) is 10.9. The quantitative estimate of drug-likeness (QED) is 0.811. The number of carbonyl (C=O) groups excluding carboxylic acids is 1. The van der Waals surface area contributed by atoms with Crippen LogP contribution >= 0.6 is 0 Å². The summed E-state index contributed by atoms with van der Waals surface area (Å²) < 4.78 is 0. The van der Waals surface area contributed by atoms with Crippen LogP contribution in [0.3, 0.4) is 0 Å². The van der Waals surface area contributed by atoms with Gasteiger partial charge in [-0.15, -0.1) is 0 Å². The standard InChI is InChI=1S/C14H21N3O/c1-2-7-16-13-6-8-15-10-12(13)14(18)17-9-11-4-3-5-11/h6,8,10-11H,2-5,7,9H2,1H3,(H,15,16)(H,17,18). The summed E-state index contributed by atoms with van der Waals surface area (Å²) in [6.45, 7) is 3.76. The first-order chi connectivity index (χ1) is 8.81. The van der Waals surface area contributed by atoms with Gasteiger partial charge in [-0.1, -0.05) is 13.3 Å². The number of anilines is 1. The molecule has 0 bridgehead atoms. The molecular weight excluding hydrogens is 226 g/mol. The average molecular weight is 247 g/mol. The lowest BCUT2D eigenvalue weighted by atomic mass is 9.85. The number of amides is 1. The molecule has 0 unspecified atom stereocenters. The summed E-state index contributed by atoms with van der Waals surface area (Å²) in [7, 11) is 0. The van der Waals surface area contributed by atoms with E-state index < -0.39 is 0 Å². The molecule has 1 aromatic heterocycles. The number of rotatable bonds is 6. The van der Waals surface area contributed by atoms with E-state index in [4.69, 9.17) is 0 Å². The van der Waals surface area contributed by atoms with Crippen LogP contribution in [0.5, 0.6) is 0 Å². The first-order valence-electron chi connectivity index (χ1n) is 6.77. The van der Waals surface area contributed by atoms with E-state index in [-0.39, 0.29) is 5.91 Å². The largest absolute Gasteiger partial charge is 0.384 e. The van der Waals surface area contributed by atoms with Crippen molar-refractivity contribution in [2.45, 2.75) is 32.6 Å². The Balaban J connectivity index is 1.94.